The number of nitrogens with zero attached hydrogens (tertiary/aromatic N) is 1. The topological polar surface area (TPSA) is 24.5 Å². The van der Waals surface area contributed by atoms with Crippen molar-refractivity contribution in [3.8, 4) is 0 Å². The third-order valence-corrected chi connectivity index (χ3v) is 5.43. The molecule has 1 aromatic rings. The van der Waals surface area contributed by atoms with Gasteiger partial charge < -0.3 is 10.1 Å². The molecule has 1 aromatic carbocycles. The van der Waals surface area contributed by atoms with E-state index in [4.69, 9.17) is 4.74 Å². The van der Waals surface area contributed by atoms with E-state index in [1.54, 1.807) is 0 Å². The van der Waals surface area contributed by atoms with Crippen LogP contribution in [0.15, 0.2) is 24.3 Å². The monoisotopic (exact) mass is 286 g/mol. The van der Waals surface area contributed by atoms with Crippen LogP contribution in [0.3, 0.4) is 0 Å². The van der Waals surface area contributed by atoms with Crippen molar-refractivity contribution in [2.24, 2.45) is 0 Å². The Labute approximate surface area is 127 Å². The number of fused-ring (bicyclic) bond motifs is 1. The average molecular weight is 286 g/mol. The van der Waals surface area contributed by atoms with Gasteiger partial charge in [0.15, 0.2) is 0 Å². The first-order valence-electron chi connectivity index (χ1n) is 8.59. The average Bonchev–Trinajstić information content (AvgIpc) is 2.88. The maximum Gasteiger partial charge on any atom is 0.115 e. The number of nitrogens with one attached hydrogen (secondary N) is 1. The molecule has 0 aromatic heterocycles. The molecule has 0 amide bonds. The summed E-state index contributed by atoms with van der Waals surface area (Å²) in [4.78, 5) is 2.67. The molecule has 2 heterocycles. The minimum absolute atomic E-state index is 0.281. The summed E-state index contributed by atoms with van der Waals surface area (Å²) in [6, 6.07) is 9.70. The Kier molecular flexibility index (Phi) is 3.97. The second-order valence-electron chi connectivity index (χ2n) is 6.75. The molecule has 0 bridgehead atoms. The van der Waals surface area contributed by atoms with Crippen molar-refractivity contribution in [3.05, 3.63) is 35.4 Å². The fourth-order valence-electron chi connectivity index (χ4n) is 3.93. The summed E-state index contributed by atoms with van der Waals surface area (Å²) >= 11 is 0. The number of ether oxygens (including phenoxy) is 1. The predicted molar refractivity (Wildman–Crippen MR) is 84.3 cm³/mol. The van der Waals surface area contributed by atoms with Gasteiger partial charge >= 0.3 is 0 Å². The van der Waals surface area contributed by atoms with Crippen LogP contribution >= 0.6 is 0 Å². The van der Waals surface area contributed by atoms with Gasteiger partial charge in [-0.1, -0.05) is 30.7 Å². The number of hydrogen-bond acceptors (Lipinski definition) is 3. The van der Waals surface area contributed by atoms with Gasteiger partial charge in [0.2, 0.25) is 0 Å². The number of hydrogen-bond donors (Lipinski definition) is 1. The number of benzene rings is 1. The molecule has 2 aliphatic heterocycles. The first kappa shape index (κ1) is 13.7. The van der Waals surface area contributed by atoms with Crippen molar-refractivity contribution in [2.45, 2.75) is 56.9 Å². The predicted octanol–water partition coefficient (Wildman–Crippen LogP) is 2.34. The number of rotatable bonds is 3. The smallest absolute Gasteiger partial charge is 0.115 e. The maximum atomic E-state index is 6.52. The third kappa shape index (κ3) is 2.87. The van der Waals surface area contributed by atoms with Crippen LogP contribution in [0.1, 0.15) is 36.8 Å². The van der Waals surface area contributed by atoms with Crippen LogP contribution in [0.4, 0.5) is 0 Å². The Balaban J connectivity index is 1.54. The van der Waals surface area contributed by atoms with E-state index in [9.17, 15) is 0 Å². The van der Waals surface area contributed by atoms with Gasteiger partial charge in [0.25, 0.3) is 0 Å². The maximum absolute atomic E-state index is 6.52. The SMILES string of the molecule is c1ccc2c(c1)CCN(C1CCC1)C(O[C@@H]1CCNC1)C2. The molecule has 1 saturated heterocycles. The molecule has 3 aliphatic rings. The molecule has 1 unspecified atom stereocenters. The van der Waals surface area contributed by atoms with Crippen molar-refractivity contribution < 1.29 is 4.74 Å². The highest BCUT2D eigenvalue weighted by Gasteiger charge is 2.34. The summed E-state index contributed by atoms with van der Waals surface area (Å²) in [7, 11) is 0. The Morgan fingerprint density at radius 1 is 1.10 bits per heavy atom. The van der Waals surface area contributed by atoms with Crippen LogP contribution in [0.2, 0.25) is 0 Å². The summed E-state index contributed by atoms with van der Waals surface area (Å²) in [5, 5.41) is 3.43. The molecule has 2 fully saturated rings. The molecule has 114 valence electrons. The van der Waals surface area contributed by atoms with Gasteiger partial charge in [-0.3, -0.25) is 4.90 Å². The Bertz CT molecular complexity index is 480. The van der Waals surface area contributed by atoms with Gasteiger partial charge in [-0.15, -0.1) is 0 Å². The van der Waals surface area contributed by atoms with Crippen molar-refractivity contribution in [2.75, 3.05) is 19.6 Å². The van der Waals surface area contributed by atoms with E-state index in [1.807, 2.05) is 0 Å². The Hall–Kier alpha value is -0.900. The molecule has 0 radical (unpaired) electrons. The molecule has 2 atom stereocenters. The normalized spacial score (nSPS) is 30.7. The van der Waals surface area contributed by atoms with Crippen LogP contribution in [0.5, 0.6) is 0 Å². The van der Waals surface area contributed by atoms with E-state index in [-0.39, 0.29) is 6.23 Å². The van der Waals surface area contributed by atoms with Gasteiger partial charge in [0.05, 0.1) is 6.10 Å². The zero-order valence-electron chi connectivity index (χ0n) is 12.8. The van der Waals surface area contributed by atoms with Gasteiger partial charge in [0.1, 0.15) is 6.23 Å². The lowest BCUT2D eigenvalue weighted by atomic mass is 9.91. The highest BCUT2D eigenvalue weighted by Crippen LogP contribution is 2.31. The van der Waals surface area contributed by atoms with E-state index in [2.05, 4.69) is 34.5 Å². The highest BCUT2D eigenvalue weighted by molar-refractivity contribution is 5.29. The highest BCUT2D eigenvalue weighted by atomic mass is 16.5. The van der Waals surface area contributed by atoms with Crippen molar-refractivity contribution in [1.82, 2.24) is 10.2 Å². The molecule has 21 heavy (non-hydrogen) atoms. The van der Waals surface area contributed by atoms with Crippen molar-refractivity contribution in [3.63, 3.8) is 0 Å². The van der Waals surface area contributed by atoms with E-state index >= 15 is 0 Å². The summed E-state index contributed by atoms with van der Waals surface area (Å²) < 4.78 is 6.52. The van der Waals surface area contributed by atoms with Crippen molar-refractivity contribution in [1.29, 1.82) is 0 Å². The van der Waals surface area contributed by atoms with Crippen LogP contribution < -0.4 is 5.32 Å². The second-order valence-corrected chi connectivity index (χ2v) is 6.75. The molecule has 1 N–H and O–H groups in total. The Morgan fingerprint density at radius 2 is 1.95 bits per heavy atom. The first-order valence-corrected chi connectivity index (χ1v) is 8.59. The second kappa shape index (κ2) is 6.07. The molecule has 1 saturated carbocycles. The molecular weight excluding hydrogens is 260 g/mol. The largest absolute Gasteiger partial charge is 0.358 e. The van der Waals surface area contributed by atoms with Crippen LogP contribution in [-0.2, 0) is 17.6 Å². The standard InChI is InChI=1S/C18H26N2O/c1-2-5-15-12-18(21-17-8-10-19-13-17)20(16-6-3-7-16)11-9-14(15)4-1/h1-2,4-5,16-19H,3,6-13H2/t17-,18?/m1/s1. The zero-order chi connectivity index (χ0) is 14.1. The van der Waals surface area contributed by atoms with Crippen LogP contribution in [0.25, 0.3) is 0 Å². The lowest BCUT2D eigenvalue weighted by molar-refractivity contribution is -0.116. The summed E-state index contributed by atoms with van der Waals surface area (Å²) in [5.74, 6) is 0. The van der Waals surface area contributed by atoms with Gasteiger partial charge in [-0.05, 0) is 43.4 Å². The molecule has 4 rings (SSSR count). The van der Waals surface area contributed by atoms with E-state index in [0.717, 1.165) is 38.5 Å². The third-order valence-electron chi connectivity index (χ3n) is 5.43. The molecule has 3 heteroatoms. The quantitative estimate of drug-likeness (QED) is 0.923. The Morgan fingerprint density at radius 3 is 2.67 bits per heavy atom. The van der Waals surface area contributed by atoms with E-state index in [1.165, 1.54) is 36.8 Å². The minimum atomic E-state index is 0.281. The van der Waals surface area contributed by atoms with Crippen molar-refractivity contribution >= 4 is 0 Å². The summed E-state index contributed by atoms with van der Waals surface area (Å²) in [6.07, 6.45) is 8.20. The fraction of sp³-hybridized carbons (Fsp3) is 0.667. The molecule has 0 spiro atoms. The van der Waals surface area contributed by atoms with Gasteiger partial charge in [0, 0.05) is 25.6 Å². The van der Waals surface area contributed by atoms with Gasteiger partial charge in [-0.2, -0.15) is 0 Å². The van der Waals surface area contributed by atoms with Gasteiger partial charge in [-0.25, -0.2) is 0 Å². The lowest BCUT2D eigenvalue weighted by Crippen LogP contribution is -2.50. The molecule has 3 nitrogen and oxygen atoms in total. The lowest BCUT2D eigenvalue weighted by Gasteiger charge is -2.42. The molecular formula is C18H26N2O. The summed E-state index contributed by atoms with van der Waals surface area (Å²) in [5.41, 5.74) is 3.02. The summed E-state index contributed by atoms with van der Waals surface area (Å²) in [6.45, 7) is 3.29. The van der Waals surface area contributed by atoms with E-state index in [0.29, 0.717) is 6.10 Å². The van der Waals surface area contributed by atoms with Crippen LogP contribution in [0, 0.1) is 0 Å². The molecule has 1 aliphatic carbocycles. The zero-order valence-corrected chi connectivity index (χ0v) is 12.8. The van der Waals surface area contributed by atoms with E-state index < -0.39 is 0 Å². The minimum Gasteiger partial charge on any atom is -0.358 e. The first-order chi connectivity index (χ1) is 10.4. The van der Waals surface area contributed by atoms with Crippen LogP contribution in [-0.4, -0.2) is 42.9 Å². The fourth-order valence-corrected chi connectivity index (χ4v) is 3.93.